The number of nitrogens with zero attached hydrogens (tertiary/aromatic N) is 2. The molecule has 6 unspecified atom stereocenters. The van der Waals surface area contributed by atoms with Crippen molar-refractivity contribution in [3.8, 4) is 0 Å². The molecule has 0 aromatic rings. The van der Waals surface area contributed by atoms with Crippen LogP contribution in [0.5, 0.6) is 0 Å². The molecular weight excluding hydrogens is 834 g/mol. The van der Waals surface area contributed by atoms with Crippen molar-refractivity contribution in [3.63, 3.8) is 0 Å². The molecular formula is C48H102Fe3N3O3. The van der Waals surface area contributed by atoms with E-state index < -0.39 is 5.97 Å². The second-order valence-electron chi connectivity index (χ2n) is 17.0. The van der Waals surface area contributed by atoms with Gasteiger partial charge in [0.1, 0.15) is 0 Å². The van der Waals surface area contributed by atoms with Crippen molar-refractivity contribution in [2.45, 2.75) is 175 Å². The van der Waals surface area contributed by atoms with Crippen molar-refractivity contribution in [1.29, 1.82) is 0 Å². The summed E-state index contributed by atoms with van der Waals surface area (Å²) in [5, 5.41) is 11.5. The molecule has 0 bridgehead atoms. The fourth-order valence-corrected chi connectivity index (χ4v) is 8.08. The fraction of sp³-hybridized carbons (Fsp3) is 0.833. The molecule has 0 heterocycles. The molecule has 0 radical (unpaired) electrons. The average molecular weight is 937 g/mol. The molecule has 351 valence electrons. The van der Waals surface area contributed by atoms with Gasteiger partial charge in [0.15, 0.2) is 0 Å². The monoisotopic (exact) mass is 937 g/mol. The first kappa shape index (κ1) is 74.7. The van der Waals surface area contributed by atoms with E-state index in [1.165, 1.54) is 129 Å². The van der Waals surface area contributed by atoms with E-state index in [1.807, 2.05) is 14.1 Å². The van der Waals surface area contributed by atoms with Crippen molar-refractivity contribution in [2.75, 3.05) is 47.8 Å². The number of nitrogens with one attached hydrogen (secondary N) is 1. The van der Waals surface area contributed by atoms with Gasteiger partial charge in [0.05, 0.1) is 5.92 Å². The molecule has 0 spiro atoms. The van der Waals surface area contributed by atoms with Crippen LogP contribution in [0.3, 0.4) is 0 Å². The number of carboxylic acids is 1. The number of rotatable bonds is 7. The van der Waals surface area contributed by atoms with Crippen LogP contribution in [-0.2, 0) is 59.3 Å². The number of carboxylic acid groups (broad SMARTS) is 1. The van der Waals surface area contributed by atoms with Gasteiger partial charge < -0.3 is 57.4 Å². The predicted molar refractivity (Wildman–Crippen MR) is 248 cm³/mol. The van der Waals surface area contributed by atoms with E-state index in [0.29, 0.717) is 5.92 Å². The molecule has 1 amide bonds. The Labute approximate surface area is 391 Å². The van der Waals surface area contributed by atoms with Crippen molar-refractivity contribution >= 4 is 17.3 Å². The Morgan fingerprint density at radius 2 is 0.877 bits per heavy atom. The summed E-state index contributed by atoms with van der Waals surface area (Å²) in [5.74, 6) is 3.24. The molecule has 6 nitrogen and oxygen atoms in total. The molecule has 2 N–H and O–H groups in total. The molecule has 6 rings (SSSR count). The zero-order chi connectivity index (χ0) is 37.6. The van der Waals surface area contributed by atoms with E-state index in [0.717, 1.165) is 62.9 Å². The van der Waals surface area contributed by atoms with Gasteiger partial charge in [0.25, 0.3) is 0 Å². The largest absolute Gasteiger partial charge is 2.00 e. The maximum atomic E-state index is 11.6. The van der Waals surface area contributed by atoms with Gasteiger partial charge >= 0.3 is 61.1 Å². The van der Waals surface area contributed by atoms with E-state index in [4.69, 9.17) is 5.11 Å². The minimum atomic E-state index is -0.612. The van der Waals surface area contributed by atoms with E-state index in [1.54, 1.807) is 0 Å². The van der Waals surface area contributed by atoms with Crippen molar-refractivity contribution in [1.82, 2.24) is 15.1 Å². The van der Waals surface area contributed by atoms with E-state index in [9.17, 15) is 9.59 Å². The van der Waals surface area contributed by atoms with Gasteiger partial charge in [-0.1, -0.05) is 124 Å². The van der Waals surface area contributed by atoms with Gasteiger partial charge in [-0.3, -0.25) is 9.59 Å². The normalized spacial score (nSPS) is 24.4. The molecule has 6 saturated carbocycles. The zero-order valence-electron chi connectivity index (χ0n) is 40.0. The Morgan fingerprint density at radius 1 is 0.561 bits per heavy atom. The Kier molecular flexibility index (Phi) is 66.4. The number of carbonyl (C=O) groups is 2. The van der Waals surface area contributed by atoms with Crippen LogP contribution < -0.4 is 5.32 Å². The van der Waals surface area contributed by atoms with Crippen LogP contribution in [0.2, 0.25) is 0 Å². The number of likely N-dealkylation sites (N-methyl/N-ethyl adjacent to an activating group) is 1. The third kappa shape index (κ3) is 45.6. The molecule has 0 aliphatic heterocycles. The fourth-order valence-electron chi connectivity index (χ4n) is 8.08. The van der Waals surface area contributed by atoms with E-state index >= 15 is 0 Å². The minimum Gasteiger partial charge on any atom is -0.358 e. The first-order valence-corrected chi connectivity index (χ1v) is 21.8. The molecule has 57 heavy (non-hydrogen) atoms. The van der Waals surface area contributed by atoms with E-state index in [-0.39, 0.29) is 90.4 Å². The first-order chi connectivity index (χ1) is 24.0. The number of aliphatic carboxylic acids is 1. The average Bonchev–Trinajstić information content (AvgIpc) is 3.92. The predicted octanol–water partition coefficient (Wildman–Crippen LogP) is 12.9. The maximum Gasteiger partial charge on any atom is 2.00 e. The molecule has 6 aliphatic rings. The Balaban J connectivity index is -0.0000000708. The summed E-state index contributed by atoms with van der Waals surface area (Å²) in [4.78, 5) is 26.4. The van der Waals surface area contributed by atoms with Gasteiger partial charge in [0, 0.05) is 27.0 Å². The summed E-state index contributed by atoms with van der Waals surface area (Å²) in [5.41, 5.74) is 3.00. The summed E-state index contributed by atoms with van der Waals surface area (Å²) in [6.45, 7) is 9.71. The van der Waals surface area contributed by atoms with Crippen LogP contribution in [0, 0.1) is 72.6 Å². The van der Waals surface area contributed by atoms with Crippen LogP contribution in [0.15, 0.2) is 0 Å². The maximum absolute atomic E-state index is 11.6. The topological polar surface area (TPSA) is 72.9 Å². The second-order valence-corrected chi connectivity index (χ2v) is 17.0. The Morgan fingerprint density at radius 3 is 1.11 bits per heavy atom. The van der Waals surface area contributed by atoms with Crippen molar-refractivity contribution < 1.29 is 65.8 Å². The molecule has 0 saturated heterocycles. The molecule has 6 fully saturated rings. The molecule has 9 heteroatoms. The van der Waals surface area contributed by atoms with Crippen LogP contribution >= 0.6 is 0 Å². The second kappa shape index (κ2) is 50.6. The number of hydrogen-bond donors (Lipinski definition) is 2. The van der Waals surface area contributed by atoms with Gasteiger partial charge in [-0.2, -0.15) is 0 Å². The van der Waals surface area contributed by atoms with Crippen LogP contribution in [0.4, 0.5) is 0 Å². The number of amides is 1. The molecule has 0 aromatic heterocycles. The van der Waals surface area contributed by atoms with Crippen molar-refractivity contribution in [2.24, 2.45) is 35.5 Å². The van der Waals surface area contributed by atoms with Crippen LogP contribution in [0.25, 0.3) is 0 Å². The van der Waals surface area contributed by atoms with Gasteiger partial charge in [-0.05, 0) is 103 Å². The van der Waals surface area contributed by atoms with Crippen LogP contribution in [-0.4, -0.2) is 80.0 Å². The third-order valence-corrected chi connectivity index (χ3v) is 11.1. The van der Waals surface area contributed by atoms with Crippen LogP contribution in [0.1, 0.15) is 176 Å². The first-order valence-electron chi connectivity index (χ1n) is 21.0. The Hall–Kier alpha value is 0.288. The Bertz CT molecular complexity index is 770. The summed E-state index contributed by atoms with van der Waals surface area (Å²) in [6.07, 6.45) is 33.1. The third-order valence-electron chi connectivity index (χ3n) is 11.1. The summed E-state index contributed by atoms with van der Waals surface area (Å²) >= 11 is 3.00. The minimum absolute atomic E-state index is 0. The summed E-state index contributed by atoms with van der Waals surface area (Å²) in [6, 6.07) is 0. The summed E-state index contributed by atoms with van der Waals surface area (Å²) in [7, 11) is 8.37. The SMILES string of the molecule is C1CCCC1.C1CCCC1.C1CCCC1.CC1CCC(C(=O)NCCN(C)C)C1.CC1CCC(C(=O)O)C1.CC1CCC(CN(C)C)C1.[CH2]=[Fe+].[CH3-].[CH3-].[CH3-].[CH3-].[CH3-].[Fe+2].[Fe+2].[HH]. The molecule has 0 aromatic carbocycles. The van der Waals surface area contributed by atoms with Gasteiger partial charge in [-0.15, -0.1) is 0 Å². The van der Waals surface area contributed by atoms with Gasteiger partial charge in [0.2, 0.25) is 5.91 Å². The molecule has 6 atom stereocenters. The molecule has 6 aliphatic carbocycles. The standard InChI is InChI=1S/C11H22N2O.C9H19N.C7H12O2.3C5H10.5CH3.CH2.3Fe.H2/c1-9-4-5-10(8-9)11(14)12-6-7-13(2)3;1-8-4-5-9(6-8)7-10(2)3;1-5-2-3-6(4-5)7(8)9;3*1-2-4-5-3-1;;;;;;;;;;/h9-10H,4-8H2,1-3H3,(H,12,14);8-9H,4-7H2,1-3H3;5-6H,2-4H2,1H3,(H,8,9);3*1-5H2;5*1H3;1H2;;;;1H/q;;;;;;5*-1;;+1;2*+2;. The van der Waals surface area contributed by atoms with E-state index in [2.05, 4.69) is 71.0 Å². The quantitative estimate of drug-likeness (QED) is 0.197. The number of hydrogen-bond acceptors (Lipinski definition) is 4. The summed E-state index contributed by atoms with van der Waals surface area (Å²) < 4.78 is 0. The zero-order valence-corrected chi connectivity index (χ0v) is 43.3. The van der Waals surface area contributed by atoms with Gasteiger partial charge in [-0.25, -0.2) is 0 Å². The number of carbonyl (C=O) groups excluding carboxylic acids is 1. The van der Waals surface area contributed by atoms with Crippen molar-refractivity contribution in [3.05, 3.63) is 37.1 Å². The smallest absolute Gasteiger partial charge is 0.358 e.